The standard InChI is InChI=1S/C18H23N3O/c1-19-14-6-7-15(19)12-16(11-14)20(2)18(22)17-9-8-13-5-3-4-10-21(13)17/h3-5,8-10,14-16H,6-7,11-12H2,1-2H3. The van der Waals surface area contributed by atoms with Gasteiger partial charge in [0.05, 0.1) is 0 Å². The summed E-state index contributed by atoms with van der Waals surface area (Å²) in [5, 5.41) is 0. The Bertz CT molecular complexity index is 693. The van der Waals surface area contributed by atoms with E-state index < -0.39 is 0 Å². The highest BCUT2D eigenvalue weighted by Gasteiger charge is 2.40. The Hall–Kier alpha value is -1.81. The Balaban J connectivity index is 1.58. The van der Waals surface area contributed by atoms with Crippen molar-refractivity contribution in [1.29, 1.82) is 0 Å². The zero-order valence-corrected chi connectivity index (χ0v) is 13.3. The average molecular weight is 297 g/mol. The largest absolute Gasteiger partial charge is 0.337 e. The van der Waals surface area contributed by atoms with E-state index in [0.29, 0.717) is 18.1 Å². The third-order valence-corrected chi connectivity index (χ3v) is 5.72. The zero-order chi connectivity index (χ0) is 15.3. The number of carbonyl (C=O) groups is 1. The van der Waals surface area contributed by atoms with Gasteiger partial charge in [-0.05, 0) is 57.0 Å². The molecule has 2 aromatic rings. The summed E-state index contributed by atoms with van der Waals surface area (Å²) in [6.07, 6.45) is 6.76. The maximum Gasteiger partial charge on any atom is 0.270 e. The molecule has 116 valence electrons. The molecule has 2 aromatic heterocycles. The van der Waals surface area contributed by atoms with Crippen LogP contribution in [-0.4, -0.2) is 52.3 Å². The van der Waals surface area contributed by atoms with Gasteiger partial charge in [-0.3, -0.25) is 4.79 Å². The Morgan fingerprint density at radius 3 is 2.59 bits per heavy atom. The molecule has 2 unspecified atom stereocenters. The maximum absolute atomic E-state index is 12.9. The summed E-state index contributed by atoms with van der Waals surface area (Å²) in [4.78, 5) is 17.4. The fourth-order valence-electron chi connectivity index (χ4n) is 4.28. The number of fused-ring (bicyclic) bond motifs is 3. The van der Waals surface area contributed by atoms with Crippen molar-refractivity contribution in [1.82, 2.24) is 14.2 Å². The molecule has 0 aliphatic carbocycles. The minimum absolute atomic E-state index is 0.139. The molecule has 2 aliphatic heterocycles. The van der Waals surface area contributed by atoms with Gasteiger partial charge < -0.3 is 14.2 Å². The first kappa shape index (κ1) is 13.8. The summed E-state index contributed by atoms with van der Waals surface area (Å²) in [5.74, 6) is 0.139. The number of amides is 1. The van der Waals surface area contributed by atoms with Crippen LogP contribution in [0.3, 0.4) is 0 Å². The summed E-state index contributed by atoms with van der Waals surface area (Å²) in [6.45, 7) is 0. The minimum atomic E-state index is 0.139. The fourth-order valence-corrected chi connectivity index (χ4v) is 4.28. The molecule has 0 saturated carbocycles. The van der Waals surface area contributed by atoms with Crippen LogP contribution in [0.2, 0.25) is 0 Å². The van der Waals surface area contributed by atoms with E-state index in [4.69, 9.17) is 0 Å². The molecule has 22 heavy (non-hydrogen) atoms. The van der Waals surface area contributed by atoms with E-state index in [0.717, 1.165) is 24.1 Å². The third kappa shape index (κ3) is 2.05. The van der Waals surface area contributed by atoms with Crippen molar-refractivity contribution in [2.75, 3.05) is 14.1 Å². The van der Waals surface area contributed by atoms with Crippen molar-refractivity contribution >= 4 is 11.4 Å². The van der Waals surface area contributed by atoms with Crippen LogP contribution in [0.4, 0.5) is 0 Å². The maximum atomic E-state index is 12.9. The summed E-state index contributed by atoms with van der Waals surface area (Å²) in [7, 11) is 4.21. The van der Waals surface area contributed by atoms with Gasteiger partial charge in [-0.2, -0.15) is 0 Å². The highest BCUT2D eigenvalue weighted by molar-refractivity contribution is 5.94. The van der Waals surface area contributed by atoms with E-state index in [9.17, 15) is 4.79 Å². The molecule has 4 heteroatoms. The molecule has 0 radical (unpaired) electrons. The van der Waals surface area contributed by atoms with Crippen molar-refractivity contribution in [2.45, 2.75) is 43.8 Å². The molecular formula is C18H23N3O. The van der Waals surface area contributed by atoms with Crippen LogP contribution < -0.4 is 0 Å². The highest BCUT2D eigenvalue weighted by Crippen LogP contribution is 2.36. The van der Waals surface area contributed by atoms with Crippen LogP contribution in [0.15, 0.2) is 36.5 Å². The molecule has 0 spiro atoms. The second-order valence-corrected chi connectivity index (χ2v) is 6.81. The summed E-state index contributed by atoms with van der Waals surface area (Å²) in [5.41, 5.74) is 1.84. The lowest BCUT2D eigenvalue weighted by molar-refractivity contribution is 0.0557. The predicted molar refractivity (Wildman–Crippen MR) is 87.1 cm³/mol. The number of hydrogen-bond acceptors (Lipinski definition) is 2. The average Bonchev–Trinajstić information content (AvgIpc) is 3.03. The molecule has 2 fully saturated rings. The molecule has 2 aliphatic rings. The second-order valence-electron chi connectivity index (χ2n) is 6.81. The quantitative estimate of drug-likeness (QED) is 0.852. The van der Waals surface area contributed by atoms with E-state index in [-0.39, 0.29) is 5.91 Å². The van der Waals surface area contributed by atoms with Crippen LogP contribution >= 0.6 is 0 Å². The lowest BCUT2D eigenvalue weighted by Gasteiger charge is -2.40. The summed E-state index contributed by atoms with van der Waals surface area (Å²) in [6, 6.07) is 11.6. The van der Waals surface area contributed by atoms with Crippen molar-refractivity contribution in [3.63, 3.8) is 0 Å². The lowest BCUT2D eigenvalue weighted by Crippen LogP contribution is -2.49. The SMILES string of the molecule is CN(C(=O)c1ccc2ccccn12)C1CC2CCC(C1)N2C. The van der Waals surface area contributed by atoms with Crippen molar-refractivity contribution < 1.29 is 4.79 Å². The zero-order valence-electron chi connectivity index (χ0n) is 13.3. The molecular weight excluding hydrogens is 274 g/mol. The Kier molecular flexibility index (Phi) is 3.22. The Morgan fingerprint density at radius 2 is 1.86 bits per heavy atom. The molecule has 2 bridgehead atoms. The van der Waals surface area contributed by atoms with Gasteiger partial charge in [0.1, 0.15) is 5.69 Å². The van der Waals surface area contributed by atoms with Crippen molar-refractivity contribution in [3.8, 4) is 0 Å². The second kappa shape index (κ2) is 5.13. The number of hydrogen-bond donors (Lipinski definition) is 0. The van der Waals surface area contributed by atoms with Gasteiger partial charge in [-0.25, -0.2) is 0 Å². The smallest absolute Gasteiger partial charge is 0.270 e. The molecule has 2 atom stereocenters. The highest BCUT2D eigenvalue weighted by atomic mass is 16.2. The molecule has 1 amide bonds. The Labute approximate surface area is 131 Å². The van der Waals surface area contributed by atoms with Crippen LogP contribution in [-0.2, 0) is 0 Å². The molecule has 0 aromatic carbocycles. The summed E-state index contributed by atoms with van der Waals surface area (Å²) >= 11 is 0. The van der Waals surface area contributed by atoms with Gasteiger partial charge in [-0.1, -0.05) is 6.07 Å². The van der Waals surface area contributed by atoms with Crippen LogP contribution in [0.5, 0.6) is 0 Å². The Morgan fingerprint density at radius 1 is 1.14 bits per heavy atom. The van der Waals surface area contributed by atoms with Gasteiger partial charge in [-0.15, -0.1) is 0 Å². The first-order valence-corrected chi connectivity index (χ1v) is 8.20. The van der Waals surface area contributed by atoms with Gasteiger partial charge in [0.25, 0.3) is 5.91 Å². The lowest BCUT2D eigenvalue weighted by atomic mass is 9.96. The monoisotopic (exact) mass is 297 g/mol. The van der Waals surface area contributed by atoms with Crippen LogP contribution in [0.25, 0.3) is 5.52 Å². The van der Waals surface area contributed by atoms with E-state index in [1.54, 1.807) is 0 Å². The molecule has 2 saturated heterocycles. The van der Waals surface area contributed by atoms with E-state index in [2.05, 4.69) is 11.9 Å². The van der Waals surface area contributed by atoms with E-state index in [1.165, 1.54) is 12.8 Å². The minimum Gasteiger partial charge on any atom is -0.337 e. The van der Waals surface area contributed by atoms with Gasteiger partial charge >= 0.3 is 0 Å². The van der Waals surface area contributed by atoms with Crippen LogP contribution in [0, 0.1) is 0 Å². The van der Waals surface area contributed by atoms with Crippen LogP contribution in [0.1, 0.15) is 36.2 Å². The predicted octanol–water partition coefficient (Wildman–Crippen LogP) is 2.64. The third-order valence-electron chi connectivity index (χ3n) is 5.72. The molecule has 4 rings (SSSR count). The van der Waals surface area contributed by atoms with Gasteiger partial charge in [0, 0.05) is 36.9 Å². The van der Waals surface area contributed by atoms with Crippen molar-refractivity contribution in [3.05, 3.63) is 42.2 Å². The van der Waals surface area contributed by atoms with E-state index >= 15 is 0 Å². The number of piperidine rings is 1. The number of rotatable bonds is 2. The first-order valence-electron chi connectivity index (χ1n) is 8.20. The fraction of sp³-hybridized carbons (Fsp3) is 0.500. The molecule has 0 N–H and O–H groups in total. The summed E-state index contributed by atoms with van der Waals surface area (Å²) < 4.78 is 1.99. The number of carbonyl (C=O) groups excluding carboxylic acids is 1. The van der Waals surface area contributed by atoms with Crippen molar-refractivity contribution in [2.24, 2.45) is 0 Å². The normalized spacial score (nSPS) is 28.2. The number of aromatic nitrogens is 1. The molecule has 4 heterocycles. The first-order chi connectivity index (χ1) is 10.6. The topological polar surface area (TPSA) is 28.0 Å². The molecule has 4 nitrogen and oxygen atoms in total. The number of nitrogens with zero attached hydrogens (tertiary/aromatic N) is 3. The van der Waals surface area contributed by atoms with Gasteiger partial charge in [0.15, 0.2) is 0 Å². The van der Waals surface area contributed by atoms with Gasteiger partial charge in [0.2, 0.25) is 0 Å². The number of pyridine rings is 1. The van der Waals surface area contributed by atoms with E-state index in [1.807, 2.05) is 52.9 Å².